The van der Waals surface area contributed by atoms with Crippen molar-refractivity contribution in [1.29, 1.82) is 0 Å². The van der Waals surface area contributed by atoms with Gasteiger partial charge in [-0.25, -0.2) is 4.98 Å². The Morgan fingerprint density at radius 1 is 1.03 bits per heavy atom. The van der Waals surface area contributed by atoms with E-state index in [0.29, 0.717) is 30.0 Å². The number of likely N-dealkylation sites (tertiary alicyclic amines) is 1. The van der Waals surface area contributed by atoms with Gasteiger partial charge in [-0.15, -0.1) is 0 Å². The Morgan fingerprint density at radius 2 is 1.88 bits per heavy atom. The van der Waals surface area contributed by atoms with Gasteiger partial charge >= 0.3 is 0 Å². The van der Waals surface area contributed by atoms with Gasteiger partial charge in [-0.3, -0.25) is 14.6 Å². The minimum Gasteiger partial charge on any atom is -0.338 e. The highest BCUT2D eigenvalue weighted by Crippen LogP contribution is 2.29. The number of hydrogen-bond donors (Lipinski definition) is 1. The molecule has 0 aliphatic carbocycles. The molecule has 0 saturated carbocycles. The lowest BCUT2D eigenvalue weighted by Crippen LogP contribution is -2.44. The standard InChI is InChI=1S/C26H24N4O2/c1-17-7-4-12-23(28-17)29-25(31)19-9-6-14-30(16-19)26(32)22-15-18-8-2-3-10-20(18)21-11-5-13-27-24(21)22/h2-5,7-8,10-13,15,19H,6,9,14,16H2,1H3,(H,28,29,31). The Labute approximate surface area is 186 Å². The van der Waals surface area contributed by atoms with Crippen LogP contribution in [0.1, 0.15) is 28.9 Å². The average molecular weight is 425 g/mol. The molecular weight excluding hydrogens is 400 g/mol. The van der Waals surface area contributed by atoms with Crippen LogP contribution in [0.15, 0.2) is 66.9 Å². The lowest BCUT2D eigenvalue weighted by molar-refractivity contribution is -0.121. The second-order valence-electron chi connectivity index (χ2n) is 8.29. The van der Waals surface area contributed by atoms with Crippen LogP contribution >= 0.6 is 0 Å². The fourth-order valence-corrected chi connectivity index (χ4v) is 4.48. The summed E-state index contributed by atoms with van der Waals surface area (Å²) in [7, 11) is 0. The number of aryl methyl sites for hydroxylation is 1. The molecule has 0 spiro atoms. The van der Waals surface area contributed by atoms with E-state index in [4.69, 9.17) is 0 Å². The van der Waals surface area contributed by atoms with Crippen LogP contribution in [-0.4, -0.2) is 39.8 Å². The summed E-state index contributed by atoms with van der Waals surface area (Å²) >= 11 is 0. The van der Waals surface area contributed by atoms with E-state index in [2.05, 4.69) is 15.3 Å². The van der Waals surface area contributed by atoms with Crippen LogP contribution in [0.2, 0.25) is 0 Å². The quantitative estimate of drug-likeness (QED) is 0.489. The van der Waals surface area contributed by atoms with Crippen LogP contribution in [0, 0.1) is 12.8 Å². The van der Waals surface area contributed by atoms with Gasteiger partial charge in [-0.1, -0.05) is 36.4 Å². The van der Waals surface area contributed by atoms with Crippen LogP contribution < -0.4 is 5.32 Å². The largest absolute Gasteiger partial charge is 0.338 e. The number of nitrogens with zero attached hydrogens (tertiary/aromatic N) is 3. The Bertz CT molecular complexity index is 1330. The van der Waals surface area contributed by atoms with Gasteiger partial charge in [-0.05, 0) is 54.8 Å². The van der Waals surface area contributed by atoms with Gasteiger partial charge in [0.25, 0.3) is 5.91 Å². The lowest BCUT2D eigenvalue weighted by atomic mass is 9.95. The molecule has 1 saturated heterocycles. The molecule has 4 aromatic rings. The zero-order valence-electron chi connectivity index (χ0n) is 17.9. The molecule has 0 radical (unpaired) electrons. The first-order valence-electron chi connectivity index (χ1n) is 10.9. The number of anilines is 1. The summed E-state index contributed by atoms with van der Waals surface area (Å²) < 4.78 is 0. The van der Waals surface area contributed by atoms with E-state index >= 15 is 0 Å². The molecule has 6 heteroatoms. The topological polar surface area (TPSA) is 75.2 Å². The van der Waals surface area contributed by atoms with Crippen LogP contribution in [0.25, 0.3) is 21.7 Å². The Balaban J connectivity index is 1.42. The smallest absolute Gasteiger partial charge is 0.256 e. The van der Waals surface area contributed by atoms with Crippen molar-refractivity contribution in [1.82, 2.24) is 14.9 Å². The van der Waals surface area contributed by atoms with E-state index in [1.807, 2.05) is 61.5 Å². The van der Waals surface area contributed by atoms with Crippen molar-refractivity contribution in [2.75, 3.05) is 18.4 Å². The van der Waals surface area contributed by atoms with Gasteiger partial charge in [0, 0.05) is 30.4 Å². The van der Waals surface area contributed by atoms with E-state index in [0.717, 1.165) is 34.7 Å². The summed E-state index contributed by atoms with van der Waals surface area (Å²) in [6, 6.07) is 19.4. The molecule has 160 valence electrons. The molecule has 1 fully saturated rings. The third kappa shape index (κ3) is 3.80. The number of piperidine rings is 1. The first-order chi connectivity index (χ1) is 15.6. The van der Waals surface area contributed by atoms with Gasteiger partial charge in [0.2, 0.25) is 5.91 Å². The van der Waals surface area contributed by atoms with Crippen molar-refractivity contribution < 1.29 is 9.59 Å². The van der Waals surface area contributed by atoms with Crippen molar-refractivity contribution in [2.45, 2.75) is 19.8 Å². The molecule has 1 unspecified atom stereocenters. The first-order valence-corrected chi connectivity index (χ1v) is 10.9. The molecule has 2 amide bonds. The summed E-state index contributed by atoms with van der Waals surface area (Å²) in [6.07, 6.45) is 3.25. The number of hydrogen-bond acceptors (Lipinski definition) is 4. The van der Waals surface area contributed by atoms with Crippen LogP contribution in [0.4, 0.5) is 5.82 Å². The molecule has 1 aliphatic rings. The van der Waals surface area contributed by atoms with Gasteiger partial charge in [-0.2, -0.15) is 0 Å². The van der Waals surface area contributed by atoms with Crippen LogP contribution in [0.3, 0.4) is 0 Å². The Kier molecular flexibility index (Phi) is 5.27. The van der Waals surface area contributed by atoms with Crippen LogP contribution in [-0.2, 0) is 4.79 Å². The van der Waals surface area contributed by atoms with Crippen molar-refractivity contribution in [2.24, 2.45) is 5.92 Å². The predicted octanol–water partition coefficient (Wildman–Crippen LogP) is 4.58. The van der Waals surface area contributed by atoms with E-state index in [-0.39, 0.29) is 17.7 Å². The number of benzene rings is 2. The van der Waals surface area contributed by atoms with Gasteiger partial charge in [0.05, 0.1) is 17.0 Å². The molecule has 2 aromatic heterocycles. The van der Waals surface area contributed by atoms with E-state index < -0.39 is 0 Å². The maximum absolute atomic E-state index is 13.6. The van der Waals surface area contributed by atoms with Gasteiger partial charge in [0.15, 0.2) is 0 Å². The minimum atomic E-state index is -0.269. The molecule has 0 bridgehead atoms. The van der Waals surface area contributed by atoms with E-state index in [1.165, 1.54) is 0 Å². The SMILES string of the molecule is Cc1cccc(NC(=O)C2CCCN(C(=O)c3cc4ccccc4c4cccnc34)C2)n1. The van der Waals surface area contributed by atoms with E-state index in [9.17, 15) is 9.59 Å². The number of carbonyl (C=O) groups is 2. The summed E-state index contributed by atoms with van der Waals surface area (Å²) in [6.45, 7) is 2.91. The molecule has 1 aliphatic heterocycles. The van der Waals surface area contributed by atoms with Gasteiger partial charge < -0.3 is 10.2 Å². The third-order valence-corrected chi connectivity index (χ3v) is 6.06. The summed E-state index contributed by atoms with van der Waals surface area (Å²) in [5, 5.41) is 5.95. The highest BCUT2D eigenvalue weighted by molar-refractivity contribution is 6.15. The molecule has 6 nitrogen and oxygen atoms in total. The fourth-order valence-electron chi connectivity index (χ4n) is 4.48. The maximum Gasteiger partial charge on any atom is 0.256 e. The molecule has 1 N–H and O–H groups in total. The van der Waals surface area contributed by atoms with Crippen molar-refractivity contribution in [3.05, 3.63) is 78.1 Å². The van der Waals surface area contributed by atoms with Crippen molar-refractivity contribution >= 4 is 39.3 Å². The number of rotatable bonds is 3. The normalized spacial score (nSPS) is 16.3. The molecule has 3 heterocycles. The first kappa shape index (κ1) is 20.1. The average Bonchev–Trinajstić information content (AvgIpc) is 2.83. The molecular formula is C26H24N4O2. The number of amides is 2. The number of nitrogens with one attached hydrogen (secondary N) is 1. The van der Waals surface area contributed by atoms with Gasteiger partial charge in [0.1, 0.15) is 5.82 Å². The Morgan fingerprint density at radius 3 is 2.75 bits per heavy atom. The zero-order valence-corrected chi connectivity index (χ0v) is 17.9. The third-order valence-electron chi connectivity index (χ3n) is 6.06. The highest BCUT2D eigenvalue weighted by atomic mass is 16.2. The number of pyridine rings is 2. The summed E-state index contributed by atoms with van der Waals surface area (Å²) in [4.78, 5) is 37.1. The summed E-state index contributed by atoms with van der Waals surface area (Å²) in [5.41, 5.74) is 2.13. The maximum atomic E-state index is 13.6. The Hall–Kier alpha value is -3.80. The second-order valence-corrected chi connectivity index (χ2v) is 8.29. The number of carbonyl (C=O) groups excluding carboxylic acids is 2. The highest BCUT2D eigenvalue weighted by Gasteiger charge is 2.30. The van der Waals surface area contributed by atoms with E-state index in [1.54, 1.807) is 17.2 Å². The number of fused-ring (bicyclic) bond motifs is 3. The fraction of sp³-hybridized carbons (Fsp3) is 0.231. The summed E-state index contributed by atoms with van der Waals surface area (Å²) in [5.74, 6) is 0.102. The number of aromatic nitrogens is 2. The lowest BCUT2D eigenvalue weighted by Gasteiger charge is -2.32. The van der Waals surface area contributed by atoms with Crippen molar-refractivity contribution in [3.8, 4) is 0 Å². The molecule has 32 heavy (non-hydrogen) atoms. The monoisotopic (exact) mass is 424 g/mol. The zero-order chi connectivity index (χ0) is 22.1. The second kappa shape index (κ2) is 8.38. The molecule has 5 rings (SSSR count). The van der Waals surface area contributed by atoms with Crippen LogP contribution in [0.5, 0.6) is 0 Å². The minimum absolute atomic E-state index is 0.0781. The van der Waals surface area contributed by atoms with Crippen molar-refractivity contribution in [3.63, 3.8) is 0 Å². The predicted molar refractivity (Wildman–Crippen MR) is 125 cm³/mol. The molecule has 1 atom stereocenters. The molecule has 2 aromatic carbocycles.